The average Bonchev–Trinajstić information content (AvgIpc) is 3.32. The van der Waals surface area contributed by atoms with E-state index in [0.717, 1.165) is 27.6 Å². The van der Waals surface area contributed by atoms with Gasteiger partial charge in [-0.3, -0.25) is 19.4 Å². The average molecular weight is 498 g/mol. The Morgan fingerprint density at radius 3 is 2.43 bits per heavy atom. The van der Waals surface area contributed by atoms with Crippen molar-refractivity contribution >= 4 is 28.6 Å². The van der Waals surface area contributed by atoms with E-state index in [0.29, 0.717) is 19.4 Å². The molecule has 0 aliphatic rings. The van der Waals surface area contributed by atoms with Crippen molar-refractivity contribution in [1.29, 1.82) is 0 Å². The molecule has 0 saturated heterocycles. The fraction of sp³-hybridized carbons (Fsp3) is 0.241. The van der Waals surface area contributed by atoms with Gasteiger partial charge in [0.1, 0.15) is 12.1 Å². The highest BCUT2D eigenvalue weighted by atomic mass is 16.2. The smallest absolute Gasteiger partial charge is 0.242 e. The first kappa shape index (κ1) is 25.6. The fourth-order valence-electron chi connectivity index (χ4n) is 4.17. The number of aromatic amines is 1. The van der Waals surface area contributed by atoms with E-state index in [1.54, 1.807) is 31.5 Å². The van der Waals surface area contributed by atoms with Gasteiger partial charge in [0, 0.05) is 42.5 Å². The molecule has 4 aromatic rings. The fourth-order valence-corrected chi connectivity index (χ4v) is 4.17. The lowest BCUT2D eigenvalue weighted by atomic mass is 10.0. The van der Waals surface area contributed by atoms with Crippen LogP contribution in [0.25, 0.3) is 10.9 Å². The summed E-state index contributed by atoms with van der Waals surface area (Å²) in [4.78, 5) is 45.8. The molecule has 2 unspecified atom stereocenters. The topological polar surface area (TPSA) is 116 Å². The maximum Gasteiger partial charge on any atom is 0.242 e. The molecule has 4 rings (SSSR count). The summed E-state index contributed by atoms with van der Waals surface area (Å²) >= 11 is 0. The van der Waals surface area contributed by atoms with Gasteiger partial charge in [-0.1, -0.05) is 54.6 Å². The third kappa shape index (κ3) is 7.27. The monoisotopic (exact) mass is 497 g/mol. The Morgan fingerprint density at radius 2 is 1.65 bits per heavy atom. The summed E-state index contributed by atoms with van der Waals surface area (Å²) in [7, 11) is 0. The molecule has 4 N–H and O–H groups in total. The molecule has 37 heavy (non-hydrogen) atoms. The van der Waals surface area contributed by atoms with Crippen molar-refractivity contribution in [3.63, 3.8) is 0 Å². The Kier molecular flexibility index (Phi) is 8.65. The van der Waals surface area contributed by atoms with Crippen LogP contribution >= 0.6 is 0 Å². The predicted molar refractivity (Wildman–Crippen MR) is 143 cm³/mol. The van der Waals surface area contributed by atoms with Crippen molar-refractivity contribution in [2.75, 3.05) is 6.54 Å². The maximum absolute atomic E-state index is 13.2. The van der Waals surface area contributed by atoms with E-state index in [1.807, 2.05) is 60.8 Å². The SMILES string of the molecule is CC(NC(=O)Cc1cccnc1)C(=O)NC(Cc1c[nH]c2ccccc12)C(=O)NCCc1ccccc1. The van der Waals surface area contributed by atoms with Crippen LogP contribution in [0.1, 0.15) is 23.6 Å². The van der Waals surface area contributed by atoms with Crippen LogP contribution in [0.2, 0.25) is 0 Å². The van der Waals surface area contributed by atoms with E-state index in [-0.39, 0.29) is 18.2 Å². The molecule has 8 heteroatoms. The van der Waals surface area contributed by atoms with E-state index in [2.05, 4.69) is 25.9 Å². The third-order valence-electron chi connectivity index (χ3n) is 6.15. The Hall–Kier alpha value is -4.46. The van der Waals surface area contributed by atoms with E-state index in [4.69, 9.17) is 0 Å². The minimum atomic E-state index is -0.813. The first-order valence-corrected chi connectivity index (χ1v) is 12.3. The summed E-state index contributed by atoms with van der Waals surface area (Å²) in [5.41, 5.74) is 3.75. The van der Waals surface area contributed by atoms with Crippen LogP contribution < -0.4 is 16.0 Å². The van der Waals surface area contributed by atoms with E-state index in [9.17, 15) is 14.4 Å². The van der Waals surface area contributed by atoms with Crippen molar-refractivity contribution < 1.29 is 14.4 Å². The van der Waals surface area contributed by atoms with Gasteiger partial charge in [-0.2, -0.15) is 0 Å². The number of hydrogen-bond acceptors (Lipinski definition) is 4. The van der Waals surface area contributed by atoms with Crippen LogP contribution in [0, 0.1) is 0 Å². The molecule has 2 aromatic carbocycles. The molecule has 0 saturated carbocycles. The minimum Gasteiger partial charge on any atom is -0.361 e. The first-order chi connectivity index (χ1) is 18.0. The van der Waals surface area contributed by atoms with Crippen molar-refractivity contribution in [2.24, 2.45) is 0 Å². The molecular formula is C29H31N5O3. The Bertz CT molecular complexity index is 1340. The molecule has 2 atom stereocenters. The van der Waals surface area contributed by atoms with E-state index in [1.165, 1.54) is 0 Å². The van der Waals surface area contributed by atoms with Gasteiger partial charge in [0.05, 0.1) is 6.42 Å². The number of para-hydroxylation sites is 1. The van der Waals surface area contributed by atoms with Gasteiger partial charge < -0.3 is 20.9 Å². The number of fused-ring (bicyclic) bond motifs is 1. The molecule has 3 amide bonds. The maximum atomic E-state index is 13.2. The van der Waals surface area contributed by atoms with Gasteiger partial charge in [0.15, 0.2) is 0 Å². The van der Waals surface area contributed by atoms with Gasteiger partial charge in [-0.25, -0.2) is 0 Å². The van der Waals surface area contributed by atoms with Crippen LogP contribution in [-0.4, -0.2) is 46.3 Å². The molecular weight excluding hydrogens is 466 g/mol. The summed E-state index contributed by atoms with van der Waals surface area (Å²) in [6.45, 7) is 2.05. The number of benzene rings is 2. The molecule has 2 aromatic heterocycles. The molecule has 2 heterocycles. The van der Waals surface area contributed by atoms with Crippen molar-refractivity contribution in [1.82, 2.24) is 25.9 Å². The van der Waals surface area contributed by atoms with Gasteiger partial charge in [0.25, 0.3) is 0 Å². The molecule has 190 valence electrons. The summed E-state index contributed by atoms with van der Waals surface area (Å²) in [6, 6.07) is 19.6. The molecule has 0 aliphatic heterocycles. The predicted octanol–water partition coefficient (Wildman–Crippen LogP) is 2.70. The number of carbonyl (C=O) groups excluding carboxylic acids is 3. The molecule has 0 radical (unpaired) electrons. The summed E-state index contributed by atoms with van der Waals surface area (Å²) in [5, 5.41) is 9.50. The number of rotatable bonds is 11. The van der Waals surface area contributed by atoms with Crippen molar-refractivity contribution in [3.8, 4) is 0 Å². The van der Waals surface area contributed by atoms with Crippen LogP contribution in [-0.2, 0) is 33.6 Å². The Labute approximate surface area is 215 Å². The molecule has 0 spiro atoms. The standard InChI is InChI=1S/C29H31N5O3/c1-20(33-27(35)16-22-10-7-14-30-18-22)28(36)34-26(17-23-19-32-25-12-6-5-11-24(23)25)29(37)31-15-13-21-8-3-2-4-9-21/h2-12,14,18-20,26,32H,13,15-17H2,1H3,(H,31,37)(H,33,35)(H,34,36). The number of hydrogen-bond donors (Lipinski definition) is 4. The quantitative estimate of drug-likeness (QED) is 0.255. The Morgan fingerprint density at radius 1 is 0.892 bits per heavy atom. The molecule has 0 fully saturated rings. The normalized spacial score (nSPS) is 12.5. The zero-order valence-electron chi connectivity index (χ0n) is 20.7. The van der Waals surface area contributed by atoms with E-state index < -0.39 is 18.0 Å². The van der Waals surface area contributed by atoms with Gasteiger partial charge in [0.2, 0.25) is 17.7 Å². The summed E-state index contributed by atoms with van der Waals surface area (Å²) in [5.74, 6) is -0.998. The number of amides is 3. The first-order valence-electron chi connectivity index (χ1n) is 12.3. The van der Waals surface area contributed by atoms with Crippen molar-refractivity contribution in [2.45, 2.75) is 38.3 Å². The van der Waals surface area contributed by atoms with Gasteiger partial charge >= 0.3 is 0 Å². The molecule has 8 nitrogen and oxygen atoms in total. The number of aromatic nitrogens is 2. The van der Waals surface area contributed by atoms with Crippen LogP contribution in [0.3, 0.4) is 0 Å². The highest BCUT2D eigenvalue weighted by molar-refractivity contribution is 5.93. The van der Waals surface area contributed by atoms with Crippen LogP contribution in [0.4, 0.5) is 0 Å². The summed E-state index contributed by atoms with van der Waals surface area (Å²) in [6.07, 6.45) is 6.21. The lowest BCUT2D eigenvalue weighted by Crippen LogP contribution is -2.54. The lowest BCUT2D eigenvalue weighted by Gasteiger charge is -2.21. The highest BCUT2D eigenvalue weighted by Gasteiger charge is 2.25. The number of carbonyl (C=O) groups is 3. The number of nitrogens with one attached hydrogen (secondary N) is 4. The second kappa shape index (κ2) is 12.5. The third-order valence-corrected chi connectivity index (χ3v) is 6.15. The van der Waals surface area contributed by atoms with Crippen LogP contribution in [0.15, 0.2) is 85.3 Å². The largest absolute Gasteiger partial charge is 0.361 e. The van der Waals surface area contributed by atoms with Crippen molar-refractivity contribution in [3.05, 3.63) is 102 Å². The summed E-state index contributed by atoms with van der Waals surface area (Å²) < 4.78 is 0. The van der Waals surface area contributed by atoms with E-state index >= 15 is 0 Å². The van der Waals surface area contributed by atoms with Crippen LogP contribution in [0.5, 0.6) is 0 Å². The Balaban J connectivity index is 1.40. The minimum absolute atomic E-state index is 0.115. The second-order valence-electron chi connectivity index (χ2n) is 8.98. The highest BCUT2D eigenvalue weighted by Crippen LogP contribution is 2.19. The van der Waals surface area contributed by atoms with Gasteiger partial charge in [-0.15, -0.1) is 0 Å². The molecule has 0 aliphatic carbocycles. The zero-order chi connectivity index (χ0) is 26.0. The zero-order valence-corrected chi connectivity index (χ0v) is 20.7. The molecule has 0 bridgehead atoms. The van der Waals surface area contributed by atoms with Gasteiger partial charge in [-0.05, 0) is 42.2 Å². The lowest BCUT2D eigenvalue weighted by molar-refractivity contribution is -0.131. The number of pyridine rings is 1. The number of nitrogens with zero attached hydrogens (tertiary/aromatic N) is 1. The second-order valence-corrected chi connectivity index (χ2v) is 8.98. The number of H-pyrrole nitrogens is 1.